The minimum absolute atomic E-state index is 0.0548. The fraction of sp³-hybridized carbons (Fsp3) is 0.412. The monoisotopic (exact) mass is 349 g/mol. The van der Waals surface area contributed by atoms with Crippen LogP contribution in [-0.4, -0.2) is 48.8 Å². The van der Waals surface area contributed by atoms with Gasteiger partial charge in [-0.2, -0.15) is 0 Å². The molecule has 7 heteroatoms. The molecule has 1 aliphatic heterocycles. The van der Waals surface area contributed by atoms with E-state index >= 15 is 0 Å². The first-order valence-corrected chi connectivity index (χ1v) is 8.30. The molecule has 1 fully saturated rings. The Labute approximate surface area is 145 Å². The van der Waals surface area contributed by atoms with Crippen LogP contribution in [0, 0.1) is 6.92 Å². The van der Waals surface area contributed by atoms with Gasteiger partial charge in [-0.1, -0.05) is 28.9 Å². The zero-order chi connectivity index (χ0) is 16.9. The number of nitrogens with zero attached hydrogens (tertiary/aromatic N) is 2. The molecule has 1 saturated heterocycles. The molecule has 1 N–H and O–H groups in total. The summed E-state index contributed by atoms with van der Waals surface area (Å²) in [6.45, 7) is 5.29. The van der Waals surface area contributed by atoms with E-state index in [1.165, 1.54) is 0 Å². The van der Waals surface area contributed by atoms with Gasteiger partial charge >= 0.3 is 0 Å². The number of nitrogens with one attached hydrogen (secondary N) is 1. The van der Waals surface area contributed by atoms with Crippen molar-refractivity contribution in [2.24, 2.45) is 0 Å². The number of ether oxygens (including phenoxy) is 1. The maximum Gasteiger partial charge on any atom is 0.289 e. The quantitative estimate of drug-likeness (QED) is 0.898. The van der Waals surface area contributed by atoms with Crippen LogP contribution in [0.4, 0.5) is 0 Å². The van der Waals surface area contributed by atoms with Gasteiger partial charge in [-0.15, -0.1) is 0 Å². The molecule has 0 saturated carbocycles. The van der Waals surface area contributed by atoms with Crippen LogP contribution in [0.1, 0.15) is 27.9 Å². The first-order chi connectivity index (χ1) is 11.6. The molecule has 1 aromatic carbocycles. The van der Waals surface area contributed by atoms with E-state index in [1.807, 2.05) is 24.3 Å². The molecule has 2 aromatic rings. The second-order valence-corrected chi connectivity index (χ2v) is 6.19. The summed E-state index contributed by atoms with van der Waals surface area (Å²) in [5, 5.41) is 7.37. The molecular formula is C17H20ClN3O3. The Morgan fingerprint density at radius 1 is 1.33 bits per heavy atom. The van der Waals surface area contributed by atoms with E-state index < -0.39 is 0 Å². The number of hydrogen-bond donors (Lipinski definition) is 1. The normalized spacial score (nSPS) is 16.8. The average Bonchev–Trinajstić information content (AvgIpc) is 3.04. The molecule has 1 aliphatic rings. The van der Waals surface area contributed by atoms with Crippen LogP contribution in [0.5, 0.6) is 0 Å². The third-order valence-corrected chi connectivity index (χ3v) is 4.30. The van der Waals surface area contributed by atoms with E-state index in [0.29, 0.717) is 30.5 Å². The Bertz CT molecular complexity index is 681. The van der Waals surface area contributed by atoms with Crippen molar-refractivity contribution >= 4 is 17.5 Å². The van der Waals surface area contributed by atoms with Crippen LogP contribution >= 0.6 is 11.6 Å². The lowest BCUT2D eigenvalue weighted by Crippen LogP contribution is -2.43. The summed E-state index contributed by atoms with van der Waals surface area (Å²) in [6, 6.07) is 9.40. The predicted molar refractivity (Wildman–Crippen MR) is 90.2 cm³/mol. The van der Waals surface area contributed by atoms with Crippen molar-refractivity contribution in [3.8, 4) is 0 Å². The van der Waals surface area contributed by atoms with Crippen LogP contribution < -0.4 is 5.32 Å². The van der Waals surface area contributed by atoms with Gasteiger partial charge in [0.25, 0.3) is 5.91 Å². The predicted octanol–water partition coefficient (Wildman–Crippen LogP) is 2.44. The Morgan fingerprint density at radius 3 is 2.67 bits per heavy atom. The molecule has 6 nitrogen and oxygen atoms in total. The van der Waals surface area contributed by atoms with E-state index in [-0.39, 0.29) is 17.7 Å². The molecule has 0 bridgehead atoms. The summed E-state index contributed by atoms with van der Waals surface area (Å²) in [7, 11) is 0. The highest BCUT2D eigenvalue weighted by Gasteiger charge is 2.24. The van der Waals surface area contributed by atoms with Gasteiger partial charge in [-0.25, -0.2) is 0 Å². The van der Waals surface area contributed by atoms with Crippen LogP contribution in [0.2, 0.25) is 5.02 Å². The third kappa shape index (κ3) is 4.14. The fourth-order valence-corrected chi connectivity index (χ4v) is 2.90. The Hall–Kier alpha value is -1.89. The molecule has 1 aromatic heterocycles. The number of benzene rings is 1. The number of aryl methyl sites for hydroxylation is 1. The number of carbonyl (C=O) groups excluding carboxylic acids is 1. The molecule has 3 rings (SSSR count). The highest BCUT2D eigenvalue weighted by molar-refractivity contribution is 6.30. The Balaban J connectivity index is 1.71. The summed E-state index contributed by atoms with van der Waals surface area (Å²) in [5.74, 6) is -0.0350. The average molecular weight is 350 g/mol. The van der Waals surface area contributed by atoms with E-state index in [1.54, 1.807) is 13.0 Å². The van der Waals surface area contributed by atoms with Gasteiger partial charge < -0.3 is 14.6 Å². The maximum atomic E-state index is 12.2. The van der Waals surface area contributed by atoms with Crippen LogP contribution in [0.25, 0.3) is 0 Å². The Kier molecular flexibility index (Phi) is 5.50. The molecule has 24 heavy (non-hydrogen) atoms. The number of morpholine rings is 1. The lowest BCUT2D eigenvalue weighted by molar-refractivity contribution is 0.0161. The highest BCUT2D eigenvalue weighted by atomic mass is 35.5. The van der Waals surface area contributed by atoms with Gasteiger partial charge in [-0.3, -0.25) is 9.69 Å². The molecule has 0 spiro atoms. The van der Waals surface area contributed by atoms with Crippen LogP contribution in [0.15, 0.2) is 34.9 Å². The van der Waals surface area contributed by atoms with Crippen molar-refractivity contribution in [3.05, 3.63) is 52.4 Å². The van der Waals surface area contributed by atoms with E-state index in [0.717, 1.165) is 18.7 Å². The summed E-state index contributed by atoms with van der Waals surface area (Å²) in [6.07, 6.45) is 0. The summed E-state index contributed by atoms with van der Waals surface area (Å²) >= 11 is 5.99. The zero-order valence-corrected chi connectivity index (χ0v) is 14.3. The first-order valence-electron chi connectivity index (χ1n) is 7.92. The van der Waals surface area contributed by atoms with Crippen molar-refractivity contribution in [3.63, 3.8) is 0 Å². The van der Waals surface area contributed by atoms with Gasteiger partial charge in [-0.05, 0) is 24.6 Å². The van der Waals surface area contributed by atoms with E-state index in [4.69, 9.17) is 20.9 Å². The summed E-state index contributed by atoms with van der Waals surface area (Å²) in [5.41, 5.74) is 1.79. The number of carbonyl (C=O) groups is 1. The molecule has 128 valence electrons. The molecule has 1 amide bonds. The van der Waals surface area contributed by atoms with Crippen molar-refractivity contribution in [1.82, 2.24) is 15.4 Å². The third-order valence-electron chi connectivity index (χ3n) is 4.05. The standard InChI is InChI=1S/C17H20ClN3O3/c1-12-10-16(24-20-12)17(22)19-11-15(21-6-8-23-9-7-21)13-2-4-14(18)5-3-13/h2-5,10,15H,6-9,11H2,1H3,(H,19,22)/t15-/m0/s1. The molecule has 2 heterocycles. The number of rotatable bonds is 5. The van der Waals surface area contributed by atoms with Crippen molar-refractivity contribution in [1.29, 1.82) is 0 Å². The zero-order valence-electron chi connectivity index (χ0n) is 13.5. The van der Waals surface area contributed by atoms with Gasteiger partial charge in [0.1, 0.15) is 0 Å². The SMILES string of the molecule is Cc1cc(C(=O)NC[C@@H](c2ccc(Cl)cc2)N2CCOCC2)on1. The van der Waals surface area contributed by atoms with Crippen LogP contribution in [0.3, 0.4) is 0 Å². The molecule has 1 atom stereocenters. The molecular weight excluding hydrogens is 330 g/mol. The summed E-state index contributed by atoms with van der Waals surface area (Å²) < 4.78 is 10.4. The molecule has 0 radical (unpaired) electrons. The number of halogens is 1. The molecule has 0 aliphatic carbocycles. The van der Waals surface area contributed by atoms with E-state index in [9.17, 15) is 4.79 Å². The lowest BCUT2D eigenvalue weighted by atomic mass is 10.0. The fourth-order valence-electron chi connectivity index (χ4n) is 2.78. The lowest BCUT2D eigenvalue weighted by Gasteiger charge is -2.34. The van der Waals surface area contributed by atoms with Gasteiger partial charge in [0, 0.05) is 30.7 Å². The maximum absolute atomic E-state index is 12.2. The largest absolute Gasteiger partial charge is 0.379 e. The van der Waals surface area contributed by atoms with Crippen molar-refractivity contribution in [2.45, 2.75) is 13.0 Å². The molecule has 0 unspecified atom stereocenters. The van der Waals surface area contributed by atoms with Crippen LogP contribution in [-0.2, 0) is 4.74 Å². The summed E-state index contributed by atoms with van der Waals surface area (Å²) in [4.78, 5) is 14.5. The van der Waals surface area contributed by atoms with Gasteiger partial charge in [0.05, 0.1) is 24.9 Å². The number of hydrogen-bond acceptors (Lipinski definition) is 5. The second-order valence-electron chi connectivity index (χ2n) is 5.76. The minimum Gasteiger partial charge on any atom is -0.379 e. The Morgan fingerprint density at radius 2 is 2.04 bits per heavy atom. The van der Waals surface area contributed by atoms with Gasteiger partial charge in [0.15, 0.2) is 0 Å². The smallest absolute Gasteiger partial charge is 0.289 e. The highest BCUT2D eigenvalue weighted by Crippen LogP contribution is 2.23. The number of amides is 1. The topological polar surface area (TPSA) is 67.6 Å². The van der Waals surface area contributed by atoms with E-state index in [2.05, 4.69) is 15.4 Å². The minimum atomic E-state index is -0.261. The number of aromatic nitrogens is 1. The van der Waals surface area contributed by atoms with Gasteiger partial charge in [0.2, 0.25) is 5.76 Å². The first kappa shape index (κ1) is 17.0. The van der Waals surface area contributed by atoms with Crippen molar-refractivity contribution < 1.29 is 14.1 Å². The second kappa shape index (κ2) is 7.79. The van der Waals surface area contributed by atoms with Crippen molar-refractivity contribution in [2.75, 3.05) is 32.8 Å².